The Kier molecular flexibility index (Phi) is 7.59. The lowest BCUT2D eigenvalue weighted by atomic mass is 10.1. The lowest BCUT2D eigenvalue weighted by molar-refractivity contribution is -0.141. The SMILES string of the molecule is CC[C@H](C(=O)NC(C)C)N(Cc1ccccc1)C(=O)Cc1ccc(C)cc1. The number of nitrogens with one attached hydrogen (secondary N) is 1. The normalized spacial score (nSPS) is 11.9. The number of carbonyl (C=O) groups excluding carboxylic acids is 2. The number of benzene rings is 2. The fourth-order valence-corrected chi connectivity index (χ4v) is 3.06. The summed E-state index contributed by atoms with van der Waals surface area (Å²) < 4.78 is 0. The molecule has 0 aliphatic carbocycles. The maximum Gasteiger partial charge on any atom is 0.243 e. The van der Waals surface area contributed by atoms with E-state index < -0.39 is 6.04 Å². The lowest BCUT2D eigenvalue weighted by Crippen LogP contribution is -2.50. The highest BCUT2D eigenvalue weighted by Crippen LogP contribution is 2.15. The molecule has 0 aliphatic rings. The van der Waals surface area contributed by atoms with Gasteiger partial charge in [0.25, 0.3) is 0 Å². The first-order valence-corrected chi connectivity index (χ1v) is 9.60. The van der Waals surface area contributed by atoms with Gasteiger partial charge in [0.15, 0.2) is 0 Å². The number of nitrogens with zero attached hydrogens (tertiary/aromatic N) is 1. The quantitative estimate of drug-likeness (QED) is 0.771. The Balaban J connectivity index is 2.25. The van der Waals surface area contributed by atoms with Gasteiger partial charge in [-0.3, -0.25) is 9.59 Å². The molecule has 2 rings (SSSR count). The highest BCUT2D eigenvalue weighted by atomic mass is 16.2. The van der Waals surface area contributed by atoms with Gasteiger partial charge in [0.2, 0.25) is 11.8 Å². The zero-order chi connectivity index (χ0) is 19.8. The van der Waals surface area contributed by atoms with Gasteiger partial charge in [0.1, 0.15) is 6.04 Å². The van der Waals surface area contributed by atoms with Gasteiger partial charge in [-0.1, -0.05) is 67.1 Å². The van der Waals surface area contributed by atoms with E-state index in [1.165, 1.54) is 0 Å². The first-order chi connectivity index (χ1) is 12.9. The second-order valence-electron chi connectivity index (χ2n) is 7.26. The Morgan fingerprint density at radius 2 is 1.59 bits per heavy atom. The summed E-state index contributed by atoms with van der Waals surface area (Å²) in [6.45, 7) is 8.26. The third-order valence-electron chi connectivity index (χ3n) is 4.49. The van der Waals surface area contributed by atoms with Gasteiger partial charge < -0.3 is 10.2 Å². The molecule has 0 bridgehead atoms. The van der Waals surface area contributed by atoms with Crippen LogP contribution < -0.4 is 5.32 Å². The molecule has 4 heteroatoms. The van der Waals surface area contributed by atoms with Crippen LogP contribution in [0.5, 0.6) is 0 Å². The Morgan fingerprint density at radius 1 is 0.963 bits per heavy atom. The summed E-state index contributed by atoms with van der Waals surface area (Å²) in [7, 11) is 0. The fraction of sp³-hybridized carbons (Fsp3) is 0.391. The zero-order valence-corrected chi connectivity index (χ0v) is 16.7. The van der Waals surface area contributed by atoms with E-state index in [-0.39, 0.29) is 17.9 Å². The van der Waals surface area contributed by atoms with Crippen molar-refractivity contribution in [2.24, 2.45) is 0 Å². The summed E-state index contributed by atoms with van der Waals surface area (Å²) in [6, 6.07) is 17.3. The van der Waals surface area contributed by atoms with Crippen LogP contribution in [-0.4, -0.2) is 28.8 Å². The van der Waals surface area contributed by atoms with E-state index in [0.717, 1.165) is 16.7 Å². The van der Waals surface area contributed by atoms with Crippen molar-refractivity contribution < 1.29 is 9.59 Å². The number of hydrogen-bond acceptors (Lipinski definition) is 2. The van der Waals surface area contributed by atoms with E-state index >= 15 is 0 Å². The van der Waals surface area contributed by atoms with Crippen LogP contribution in [0.1, 0.15) is 43.9 Å². The number of hydrogen-bond donors (Lipinski definition) is 1. The summed E-state index contributed by atoms with van der Waals surface area (Å²) in [6.07, 6.45) is 0.865. The van der Waals surface area contributed by atoms with Crippen LogP contribution in [0.25, 0.3) is 0 Å². The number of aryl methyl sites for hydroxylation is 1. The van der Waals surface area contributed by atoms with Crippen molar-refractivity contribution in [1.82, 2.24) is 10.2 Å². The minimum Gasteiger partial charge on any atom is -0.352 e. The molecule has 0 saturated heterocycles. The topological polar surface area (TPSA) is 49.4 Å². The Bertz CT molecular complexity index is 739. The second-order valence-corrected chi connectivity index (χ2v) is 7.26. The Labute approximate surface area is 162 Å². The molecule has 144 valence electrons. The summed E-state index contributed by atoms with van der Waals surface area (Å²) >= 11 is 0. The maximum absolute atomic E-state index is 13.1. The average Bonchev–Trinajstić information content (AvgIpc) is 2.63. The van der Waals surface area contributed by atoms with Crippen LogP contribution in [0, 0.1) is 6.92 Å². The minimum absolute atomic E-state index is 0.0338. The number of carbonyl (C=O) groups is 2. The van der Waals surface area contributed by atoms with E-state index in [2.05, 4.69) is 5.32 Å². The van der Waals surface area contributed by atoms with Gasteiger partial charge >= 0.3 is 0 Å². The molecule has 0 fully saturated rings. The maximum atomic E-state index is 13.1. The smallest absolute Gasteiger partial charge is 0.243 e. The van der Waals surface area contributed by atoms with Gasteiger partial charge in [0.05, 0.1) is 6.42 Å². The molecule has 0 heterocycles. The lowest BCUT2D eigenvalue weighted by Gasteiger charge is -2.31. The molecule has 2 aromatic carbocycles. The minimum atomic E-state index is -0.481. The van der Waals surface area contributed by atoms with Crippen molar-refractivity contribution in [3.05, 3.63) is 71.3 Å². The van der Waals surface area contributed by atoms with Crippen molar-refractivity contribution >= 4 is 11.8 Å². The van der Waals surface area contributed by atoms with Crippen LogP contribution in [0.4, 0.5) is 0 Å². The molecule has 0 aromatic heterocycles. The van der Waals surface area contributed by atoms with E-state index in [4.69, 9.17) is 0 Å². The summed E-state index contributed by atoms with van der Waals surface area (Å²) in [5.74, 6) is -0.130. The molecular formula is C23H30N2O2. The molecule has 0 radical (unpaired) electrons. The molecule has 2 amide bonds. The largest absolute Gasteiger partial charge is 0.352 e. The highest BCUT2D eigenvalue weighted by Gasteiger charge is 2.28. The van der Waals surface area contributed by atoms with Crippen molar-refractivity contribution in [1.29, 1.82) is 0 Å². The molecule has 0 saturated carbocycles. The molecule has 27 heavy (non-hydrogen) atoms. The molecule has 4 nitrogen and oxygen atoms in total. The first-order valence-electron chi connectivity index (χ1n) is 9.60. The van der Waals surface area contributed by atoms with Crippen molar-refractivity contribution in [2.75, 3.05) is 0 Å². The van der Waals surface area contributed by atoms with E-state index in [9.17, 15) is 9.59 Å². The predicted molar refractivity (Wildman–Crippen MR) is 109 cm³/mol. The van der Waals surface area contributed by atoms with Gasteiger partial charge in [-0.15, -0.1) is 0 Å². The Hall–Kier alpha value is -2.62. The number of rotatable bonds is 8. The molecule has 0 spiro atoms. The van der Waals surface area contributed by atoms with E-state index in [1.807, 2.05) is 82.3 Å². The van der Waals surface area contributed by atoms with Gasteiger partial charge in [-0.05, 0) is 38.3 Å². The molecule has 1 atom stereocenters. The van der Waals surface area contributed by atoms with Crippen molar-refractivity contribution in [3.63, 3.8) is 0 Å². The van der Waals surface area contributed by atoms with Crippen LogP contribution in [-0.2, 0) is 22.6 Å². The van der Waals surface area contributed by atoms with E-state index in [1.54, 1.807) is 4.90 Å². The van der Waals surface area contributed by atoms with Crippen LogP contribution >= 0.6 is 0 Å². The standard InChI is InChI=1S/C23H30N2O2/c1-5-21(23(27)24-17(2)3)25(16-20-9-7-6-8-10-20)22(26)15-19-13-11-18(4)12-14-19/h6-14,17,21H,5,15-16H2,1-4H3,(H,24,27)/t21-/m1/s1. The molecular weight excluding hydrogens is 336 g/mol. The Morgan fingerprint density at radius 3 is 2.15 bits per heavy atom. The summed E-state index contributed by atoms with van der Waals surface area (Å²) in [4.78, 5) is 27.6. The molecule has 2 aromatic rings. The fourth-order valence-electron chi connectivity index (χ4n) is 3.06. The van der Waals surface area contributed by atoms with Gasteiger partial charge in [0, 0.05) is 12.6 Å². The summed E-state index contributed by atoms with van der Waals surface area (Å²) in [5, 5.41) is 2.95. The second kappa shape index (κ2) is 9.91. The molecule has 1 N–H and O–H groups in total. The average molecular weight is 367 g/mol. The third-order valence-corrected chi connectivity index (χ3v) is 4.49. The monoisotopic (exact) mass is 366 g/mol. The predicted octanol–water partition coefficient (Wildman–Crippen LogP) is 3.87. The molecule has 0 aliphatic heterocycles. The number of amides is 2. The van der Waals surface area contributed by atoms with Gasteiger partial charge in [-0.2, -0.15) is 0 Å². The van der Waals surface area contributed by atoms with Crippen molar-refractivity contribution in [3.8, 4) is 0 Å². The van der Waals surface area contributed by atoms with Crippen LogP contribution in [0.3, 0.4) is 0 Å². The van der Waals surface area contributed by atoms with Crippen molar-refractivity contribution in [2.45, 2.75) is 59.2 Å². The highest BCUT2D eigenvalue weighted by molar-refractivity contribution is 5.88. The zero-order valence-electron chi connectivity index (χ0n) is 16.7. The molecule has 0 unspecified atom stereocenters. The first kappa shape index (κ1) is 20.7. The summed E-state index contributed by atoms with van der Waals surface area (Å²) in [5.41, 5.74) is 3.14. The van der Waals surface area contributed by atoms with Crippen LogP contribution in [0.15, 0.2) is 54.6 Å². The van der Waals surface area contributed by atoms with Crippen LogP contribution in [0.2, 0.25) is 0 Å². The third kappa shape index (κ3) is 6.24. The van der Waals surface area contributed by atoms with E-state index in [0.29, 0.717) is 19.4 Å². The van der Waals surface area contributed by atoms with Gasteiger partial charge in [-0.25, -0.2) is 0 Å².